The van der Waals surface area contributed by atoms with Crippen molar-refractivity contribution in [3.63, 3.8) is 0 Å². The minimum Gasteiger partial charge on any atom is -0.383 e. The number of likely N-dealkylation sites (tertiary alicyclic amines) is 1. The summed E-state index contributed by atoms with van der Waals surface area (Å²) < 4.78 is 11.1. The fraction of sp³-hybridized carbons (Fsp3) is 0.800. The lowest BCUT2D eigenvalue weighted by atomic mass is 9.85. The molecule has 6 heteroatoms. The highest BCUT2D eigenvalue weighted by atomic mass is 16.5. The average molecular weight is 294 g/mol. The van der Waals surface area contributed by atoms with Gasteiger partial charge in [-0.25, -0.2) is 4.98 Å². The van der Waals surface area contributed by atoms with Crippen molar-refractivity contribution in [2.75, 3.05) is 53.1 Å². The summed E-state index contributed by atoms with van der Waals surface area (Å²) in [5.41, 5.74) is 1.42. The number of H-pyrrole nitrogens is 1. The van der Waals surface area contributed by atoms with Gasteiger partial charge < -0.3 is 14.5 Å². The minimum absolute atomic E-state index is 0.223. The van der Waals surface area contributed by atoms with Gasteiger partial charge in [0.15, 0.2) is 0 Å². The quantitative estimate of drug-likeness (QED) is 0.867. The zero-order chi connectivity index (χ0) is 14.5. The fourth-order valence-electron chi connectivity index (χ4n) is 3.52. The molecule has 118 valence electrons. The number of piperidine rings is 1. The topological polar surface area (TPSA) is 53.6 Å². The van der Waals surface area contributed by atoms with E-state index in [2.05, 4.69) is 19.8 Å². The van der Waals surface area contributed by atoms with E-state index in [-0.39, 0.29) is 5.54 Å². The molecule has 6 nitrogen and oxygen atoms in total. The Bertz CT molecular complexity index is 415. The van der Waals surface area contributed by atoms with Crippen molar-refractivity contribution in [2.45, 2.75) is 24.9 Å². The molecule has 0 radical (unpaired) electrons. The van der Waals surface area contributed by atoms with Crippen molar-refractivity contribution in [1.82, 2.24) is 19.8 Å². The van der Waals surface area contributed by atoms with Crippen LogP contribution in [-0.2, 0) is 16.0 Å². The monoisotopic (exact) mass is 294 g/mol. The summed E-state index contributed by atoms with van der Waals surface area (Å²) in [5.74, 6) is 0. The van der Waals surface area contributed by atoms with Crippen LogP contribution in [0.4, 0.5) is 0 Å². The van der Waals surface area contributed by atoms with Crippen molar-refractivity contribution < 1.29 is 9.47 Å². The molecule has 1 spiro atoms. The van der Waals surface area contributed by atoms with E-state index < -0.39 is 0 Å². The van der Waals surface area contributed by atoms with E-state index >= 15 is 0 Å². The number of morpholine rings is 1. The van der Waals surface area contributed by atoms with Crippen molar-refractivity contribution in [2.24, 2.45) is 0 Å². The third kappa shape index (κ3) is 3.45. The number of hydrogen-bond acceptors (Lipinski definition) is 5. The Morgan fingerprint density at radius 1 is 1.38 bits per heavy atom. The number of nitrogens with zero attached hydrogens (tertiary/aromatic N) is 3. The van der Waals surface area contributed by atoms with Crippen molar-refractivity contribution >= 4 is 0 Å². The van der Waals surface area contributed by atoms with E-state index in [1.807, 2.05) is 6.20 Å². The summed E-state index contributed by atoms with van der Waals surface area (Å²) in [4.78, 5) is 12.4. The van der Waals surface area contributed by atoms with Gasteiger partial charge in [-0.2, -0.15) is 0 Å². The molecule has 0 aromatic carbocycles. The third-order valence-electron chi connectivity index (χ3n) is 4.85. The molecule has 1 N–H and O–H groups in total. The van der Waals surface area contributed by atoms with Gasteiger partial charge in [0.25, 0.3) is 0 Å². The van der Waals surface area contributed by atoms with Crippen LogP contribution in [0.25, 0.3) is 0 Å². The lowest BCUT2D eigenvalue weighted by Crippen LogP contribution is -2.61. The van der Waals surface area contributed by atoms with Gasteiger partial charge in [0.05, 0.1) is 26.1 Å². The van der Waals surface area contributed by atoms with Crippen LogP contribution in [0.15, 0.2) is 12.5 Å². The minimum atomic E-state index is 0.223. The first-order valence-corrected chi connectivity index (χ1v) is 7.84. The van der Waals surface area contributed by atoms with Gasteiger partial charge >= 0.3 is 0 Å². The van der Waals surface area contributed by atoms with Gasteiger partial charge in [0.2, 0.25) is 0 Å². The van der Waals surface area contributed by atoms with E-state index in [9.17, 15) is 0 Å². The summed E-state index contributed by atoms with van der Waals surface area (Å²) in [6.45, 7) is 7.77. The normalized spacial score (nSPS) is 23.7. The smallest absolute Gasteiger partial charge is 0.0922 e. The second-order valence-corrected chi connectivity index (χ2v) is 6.11. The van der Waals surface area contributed by atoms with Crippen molar-refractivity contribution in [1.29, 1.82) is 0 Å². The molecule has 3 heterocycles. The largest absolute Gasteiger partial charge is 0.383 e. The van der Waals surface area contributed by atoms with Gasteiger partial charge in [-0.15, -0.1) is 0 Å². The van der Waals surface area contributed by atoms with E-state index in [1.54, 1.807) is 13.4 Å². The number of ether oxygens (including phenoxy) is 2. The number of rotatable bonds is 5. The molecule has 21 heavy (non-hydrogen) atoms. The Labute approximate surface area is 126 Å². The highest BCUT2D eigenvalue weighted by molar-refractivity contribution is 5.00. The van der Waals surface area contributed by atoms with Crippen LogP contribution in [0.5, 0.6) is 0 Å². The predicted octanol–water partition coefficient (Wildman–Crippen LogP) is 0.723. The zero-order valence-electron chi connectivity index (χ0n) is 12.9. The summed E-state index contributed by atoms with van der Waals surface area (Å²) in [7, 11) is 1.78. The molecule has 2 aliphatic rings. The first-order chi connectivity index (χ1) is 10.3. The fourth-order valence-corrected chi connectivity index (χ4v) is 3.52. The number of imidazole rings is 1. The van der Waals surface area contributed by atoms with E-state index in [1.165, 1.54) is 18.5 Å². The first kappa shape index (κ1) is 15.0. The Hall–Kier alpha value is -0.950. The maximum absolute atomic E-state index is 5.80. The molecule has 0 saturated carbocycles. The molecule has 0 bridgehead atoms. The number of aromatic nitrogens is 2. The summed E-state index contributed by atoms with van der Waals surface area (Å²) >= 11 is 0. The molecule has 0 unspecified atom stereocenters. The van der Waals surface area contributed by atoms with E-state index in [4.69, 9.17) is 9.47 Å². The number of aromatic amines is 1. The van der Waals surface area contributed by atoms with Crippen LogP contribution >= 0.6 is 0 Å². The molecular weight excluding hydrogens is 268 g/mol. The third-order valence-corrected chi connectivity index (χ3v) is 4.85. The summed E-state index contributed by atoms with van der Waals surface area (Å²) in [6, 6.07) is 0. The maximum atomic E-state index is 5.80. The van der Waals surface area contributed by atoms with Crippen LogP contribution in [0.3, 0.4) is 0 Å². The zero-order valence-corrected chi connectivity index (χ0v) is 12.9. The number of nitrogens with one attached hydrogen (secondary N) is 1. The average Bonchev–Trinajstić information content (AvgIpc) is 3.02. The van der Waals surface area contributed by atoms with Crippen LogP contribution in [0.1, 0.15) is 18.5 Å². The molecule has 1 aromatic heterocycles. The number of hydrogen-bond donors (Lipinski definition) is 1. The summed E-state index contributed by atoms with van der Waals surface area (Å²) in [6.07, 6.45) is 6.01. The maximum Gasteiger partial charge on any atom is 0.0922 e. The van der Waals surface area contributed by atoms with E-state index in [0.717, 1.165) is 52.5 Å². The van der Waals surface area contributed by atoms with Gasteiger partial charge in [-0.05, 0) is 12.8 Å². The Morgan fingerprint density at radius 3 is 2.95 bits per heavy atom. The second kappa shape index (κ2) is 6.87. The van der Waals surface area contributed by atoms with E-state index in [0.29, 0.717) is 0 Å². The van der Waals surface area contributed by atoms with Gasteiger partial charge in [-0.1, -0.05) is 0 Å². The Kier molecular flexibility index (Phi) is 4.90. The van der Waals surface area contributed by atoms with Gasteiger partial charge in [0, 0.05) is 57.3 Å². The molecule has 0 amide bonds. The lowest BCUT2D eigenvalue weighted by Gasteiger charge is -2.51. The predicted molar refractivity (Wildman–Crippen MR) is 80.1 cm³/mol. The molecule has 0 aliphatic carbocycles. The SMILES string of the molecule is COCCN1CCOCC12CCN(Cc1cnc[nH]1)CC2. The lowest BCUT2D eigenvalue weighted by molar-refractivity contribution is -0.101. The molecule has 1 aromatic rings. The first-order valence-electron chi connectivity index (χ1n) is 7.84. The highest BCUT2D eigenvalue weighted by Gasteiger charge is 2.41. The molecule has 2 fully saturated rings. The van der Waals surface area contributed by atoms with Crippen LogP contribution in [-0.4, -0.2) is 78.4 Å². The summed E-state index contributed by atoms with van der Waals surface area (Å²) in [5, 5.41) is 0. The molecule has 2 saturated heterocycles. The van der Waals surface area contributed by atoms with Crippen LogP contribution in [0, 0.1) is 0 Å². The van der Waals surface area contributed by atoms with Gasteiger partial charge in [-0.3, -0.25) is 9.80 Å². The van der Waals surface area contributed by atoms with Gasteiger partial charge in [0.1, 0.15) is 0 Å². The van der Waals surface area contributed by atoms with Crippen molar-refractivity contribution in [3.05, 3.63) is 18.2 Å². The van der Waals surface area contributed by atoms with Crippen LogP contribution < -0.4 is 0 Å². The Morgan fingerprint density at radius 2 is 2.24 bits per heavy atom. The second-order valence-electron chi connectivity index (χ2n) is 6.11. The standard InChI is InChI=1S/C15H26N4O2/c1-20-8-6-19-7-9-21-12-15(19)2-4-18(5-3-15)11-14-10-16-13-17-14/h10,13H,2-9,11-12H2,1H3,(H,16,17). The molecule has 3 rings (SSSR count). The molecule has 2 aliphatic heterocycles. The van der Waals surface area contributed by atoms with Crippen LogP contribution in [0.2, 0.25) is 0 Å². The molecular formula is C15H26N4O2. The van der Waals surface area contributed by atoms with Crippen molar-refractivity contribution in [3.8, 4) is 0 Å². The number of methoxy groups -OCH3 is 1. The Balaban J connectivity index is 1.56. The molecule has 0 atom stereocenters. The highest BCUT2D eigenvalue weighted by Crippen LogP contribution is 2.32.